The minimum absolute atomic E-state index is 0.000355. The Morgan fingerprint density at radius 1 is 1.10 bits per heavy atom. The third kappa shape index (κ3) is 2.36. The maximum atomic E-state index is 12.2. The Morgan fingerprint density at radius 2 is 1.76 bits per heavy atom. The van der Waals surface area contributed by atoms with Crippen LogP contribution in [0.5, 0.6) is 0 Å². The van der Waals surface area contributed by atoms with E-state index in [0.29, 0.717) is 0 Å². The van der Waals surface area contributed by atoms with Crippen LogP contribution in [-0.2, 0) is 20.0 Å². The van der Waals surface area contributed by atoms with E-state index in [-0.39, 0.29) is 15.5 Å². The first-order valence-corrected chi connectivity index (χ1v) is 8.91. The van der Waals surface area contributed by atoms with Crippen LogP contribution < -0.4 is 4.28 Å². The molecule has 0 amide bonds. The number of aryl methyl sites for hydroxylation is 1. The lowest BCUT2D eigenvalue weighted by Gasteiger charge is -2.08. The third-order valence-electron chi connectivity index (χ3n) is 3.05. The fourth-order valence-electron chi connectivity index (χ4n) is 1.95. The molecule has 0 spiro atoms. The maximum Gasteiger partial charge on any atom is 0.357 e. The average Bonchev–Trinajstić information content (AvgIpc) is 2.92. The van der Waals surface area contributed by atoms with Crippen LogP contribution >= 0.6 is 0 Å². The van der Waals surface area contributed by atoms with Gasteiger partial charge in [-0.05, 0) is 31.2 Å². The number of rotatable bonds is 3. The minimum Gasteiger partial charge on any atom is -0.284 e. The van der Waals surface area contributed by atoms with Gasteiger partial charge in [0.05, 0.1) is 4.90 Å². The normalized spacial score (nSPS) is 15.9. The molecule has 6 nitrogen and oxygen atoms in total. The van der Waals surface area contributed by atoms with Crippen LogP contribution in [0.15, 0.2) is 51.7 Å². The molecule has 0 atom stereocenters. The smallest absolute Gasteiger partial charge is 0.284 e. The second-order valence-electron chi connectivity index (χ2n) is 4.58. The van der Waals surface area contributed by atoms with Crippen molar-refractivity contribution >= 4 is 26.0 Å². The molecule has 0 saturated heterocycles. The van der Waals surface area contributed by atoms with Crippen LogP contribution in [0.25, 0.3) is 6.08 Å². The number of benzene rings is 1. The molecule has 0 saturated carbocycles. The highest BCUT2D eigenvalue weighted by molar-refractivity contribution is 7.94. The topological polar surface area (TPSA) is 82.4 Å². The first-order valence-electron chi connectivity index (χ1n) is 5.96. The van der Waals surface area contributed by atoms with E-state index < -0.39 is 20.0 Å². The molecule has 110 valence electrons. The largest absolute Gasteiger partial charge is 0.357 e. The first kappa shape index (κ1) is 13.9. The van der Waals surface area contributed by atoms with Gasteiger partial charge < -0.3 is 0 Å². The Kier molecular flexibility index (Phi) is 2.96. The lowest BCUT2D eigenvalue weighted by Crippen LogP contribution is -2.20. The number of hydrogen-bond acceptors (Lipinski definition) is 5. The van der Waals surface area contributed by atoms with E-state index in [4.69, 9.17) is 4.28 Å². The molecule has 0 N–H and O–H groups in total. The van der Waals surface area contributed by atoms with Crippen molar-refractivity contribution in [3.05, 3.63) is 53.2 Å². The molecule has 1 aromatic heterocycles. The summed E-state index contributed by atoms with van der Waals surface area (Å²) < 4.78 is 53.5. The number of nitrogens with zero attached hydrogens (tertiary/aromatic N) is 1. The number of hydrogen-bond donors (Lipinski definition) is 0. The molecular weight excluding hydrogens is 314 g/mol. The molecule has 1 aliphatic heterocycles. The van der Waals surface area contributed by atoms with Crippen LogP contribution in [-0.4, -0.2) is 21.6 Å². The summed E-state index contributed by atoms with van der Waals surface area (Å²) in [4.78, 5) is 0.0296. The van der Waals surface area contributed by atoms with Gasteiger partial charge in [-0.15, -0.1) is 0 Å². The molecule has 1 aliphatic rings. The van der Waals surface area contributed by atoms with Crippen LogP contribution in [0, 0.1) is 6.92 Å². The minimum atomic E-state index is -4.02. The lowest BCUT2D eigenvalue weighted by atomic mass is 10.2. The zero-order chi connectivity index (χ0) is 15.3. The van der Waals surface area contributed by atoms with Crippen molar-refractivity contribution < 1.29 is 21.1 Å². The molecule has 0 bridgehead atoms. The van der Waals surface area contributed by atoms with E-state index in [1.165, 1.54) is 30.5 Å². The fraction of sp³-hybridized carbons (Fsp3) is 0.0769. The van der Waals surface area contributed by atoms with Crippen LogP contribution in [0.2, 0.25) is 0 Å². The molecule has 0 unspecified atom stereocenters. The molecule has 1 aromatic carbocycles. The van der Waals surface area contributed by atoms with Gasteiger partial charge in [0.15, 0.2) is 0 Å². The first-order chi connectivity index (χ1) is 9.79. The zero-order valence-corrected chi connectivity index (χ0v) is 12.6. The van der Waals surface area contributed by atoms with Crippen molar-refractivity contribution in [3.63, 3.8) is 0 Å². The second-order valence-corrected chi connectivity index (χ2v) is 7.91. The summed E-state index contributed by atoms with van der Waals surface area (Å²) in [6, 6.07) is 7.47. The van der Waals surface area contributed by atoms with Gasteiger partial charge in [0.2, 0.25) is 9.84 Å². The Morgan fingerprint density at radius 3 is 2.43 bits per heavy atom. The third-order valence-corrected chi connectivity index (χ3v) is 5.71. The van der Waals surface area contributed by atoms with E-state index in [1.54, 1.807) is 12.1 Å². The van der Waals surface area contributed by atoms with Crippen molar-refractivity contribution in [1.29, 1.82) is 0 Å². The standard InChI is InChI=1S/C13H11NO5S2/c1-10-2-4-11(5-3-10)21(17,18)19-14-8-6-13-12(14)7-9-20(13,15)16/h2-9H,1H3. The van der Waals surface area contributed by atoms with Crippen molar-refractivity contribution in [2.24, 2.45) is 0 Å². The summed E-state index contributed by atoms with van der Waals surface area (Å²) in [7, 11) is -7.51. The summed E-state index contributed by atoms with van der Waals surface area (Å²) >= 11 is 0. The van der Waals surface area contributed by atoms with Gasteiger partial charge in [0, 0.05) is 11.6 Å². The molecule has 3 rings (SSSR count). The van der Waals surface area contributed by atoms with Crippen LogP contribution in [0.4, 0.5) is 0 Å². The molecule has 2 aromatic rings. The van der Waals surface area contributed by atoms with Gasteiger partial charge in [-0.1, -0.05) is 17.7 Å². The Hall–Kier alpha value is -2.06. The SMILES string of the molecule is Cc1ccc(S(=O)(=O)On2ccc3c2C=CS3(=O)=O)cc1. The van der Waals surface area contributed by atoms with Gasteiger partial charge in [0.1, 0.15) is 10.6 Å². The van der Waals surface area contributed by atoms with Gasteiger partial charge >= 0.3 is 10.1 Å². The van der Waals surface area contributed by atoms with Crippen LogP contribution in [0.3, 0.4) is 0 Å². The molecule has 0 fully saturated rings. The summed E-state index contributed by atoms with van der Waals surface area (Å²) in [5.74, 6) is 0. The van der Waals surface area contributed by atoms with Crippen molar-refractivity contribution in [2.45, 2.75) is 16.7 Å². The predicted molar refractivity (Wildman–Crippen MR) is 75.6 cm³/mol. The highest BCUT2D eigenvalue weighted by atomic mass is 32.2. The van der Waals surface area contributed by atoms with Crippen LogP contribution in [0.1, 0.15) is 11.3 Å². The van der Waals surface area contributed by atoms with Crippen molar-refractivity contribution in [1.82, 2.24) is 4.73 Å². The summed E-state index contributed by atoms with van der Waals surface area (Å²) in [5, 5.41) is 1.01. The zero-order valence-electron chi connectivity index (χ0n) is 10.9. The maximum absolute atomic E-state index is 12.2. The average molecular weight is 325 g/mol. The van der Waals surface area contributed by atoms with Gasteiger partial charge in [-0.2, -0.15) is 13.1 Å². The van der Waals surface area contributed by atoms with Gasteiger partial charge in [0.25, 0.3) is 0 Å². The van der Waals surface area contributed by atoms with E-state index in [0.717, 1.165) is 15.7 Å². The summed E-state index contributed by atoms with van der Waals surface area (Å²) in [6.07, 6.45) is 2.56. The lowest BCUT2D eigenvalue weighted by molar-refractivity contribution is 0.277. The summed E-state index contributed by atoms with van der Waals surface area (Å²) in [5.41, 5.74) is 1.11. The monoisotopic (exact) mass is 325 g/mol. The second kappa shape index (κ2) is 4.47. The van der Waals surface area contributed by atoms with E-state index >= 15 is 0 Å². The number of fused-ring (bicyclic) bond motifs is 1. The Bertz CT molecular complexity index is 935. The molecule has 8 heteroatoms. The Balaban J connectivity index is 1.98. The Labute approximate surface area is 122 Å². The fourth-order valence-corrected chi connectivity index (χ4v) is 4.00. The highest BCUT2D eigenvalue weighted by Crippen LogP contribution is 2.27. The number of aromatic nitrogens is 1. The molecule has 2 heterocycles. The summed E-state index contributed by atoms with van der Waals surface area (Å²) in [6.45, 7) is 1.84. The predicted octanol–water partition coefficient (Wildman–Crippen LogP) is 1.37. The highest BCUT2D eigenvalue weighted by Gasteiger charge is 2.27. The van der Waals surface area contributed by atoms with Crippen molar-refractivity contribution in [3.8, 4) is 0 Å². The van der Waals surface area contributed by atoms with Gasteiger partial charge in [-0.25, -0.2) is 8.42 Å². The van der Waals surface area contributed by atoms with Gasteiger partial charge in [-0.3, -0.25) is 4.28 Å². The van der Waals surface area contributed by atoms with E-state index in [1.807, 2.05) is 6.92 Å². The molecule has 0 radical (unpaired) electrons. The number of sulfone groups is 1. The van der Waals surface area contributed by atoms with E-state index in [9.17, 15) is 16.8 Å². The quantitative estimate of drug-likeness (QED) is 0.851. The molecule has 21 heavy (non-hydrogen) atoms. The van der Waals surface area contributed by atoms with Crippen molar-refractivity contribution in [2.75, 3.05) is 0 Å². The molecular formula is C13H11NO5S2. The van der Waals surface area contributed by atoms with E-state index in [2.05, 4.69) is 0 Å². The molecule has 0 aliphatic carbocycles.